The number of carbonyl (C=O) groups excluding carboxylic acids is 3. The Kier molecular flexibility index (Phi) is 7.04. The third-order valence-electron chi connectivity index (χ3n) is 1.84. The van der Waals surface area contributed by atoms with Crippen LogP contribution in [0.2, 0.25) is 0 Å². The zero-order valence-corrected chi connectivity index (χ0v) is 10.5. The summed E-state index contributed by atoms with van der Waals surface area (Å²) in [6.45, 7) is 5.01. The highest BCUT2D eigenvalue weighted by Crippen LogP contribution is 1.99. The van der Waals surface area contributed by atoms with Crippen LogP contribution in [0.5, 0.6) is 0 Å². The van der Waals surface area contributed by atoms with Gasteiger partial charge in [-0.25, -0.2) is 0 Å². The lowest BCUT2D eigenvalue weighted by molar-refractivity contribution is -0.128. The van der Waals surface area contributed by atoms with Gasteiger partial charge >= 0.3 is 0 Å². The van der Waals surface area contributed by atoms with Gasteiger partial charge in [-0.2, -0.15) is 0 Å². The number of nitrogens with one attached hydrogen (secondary N) is 2. The fourth-order valence-corrected chi connectivity index (χ4v) is 1.19. The van der Waals surface area contributed by atoms with Gasteiger partial charge in [0.15, 0.2) is 0 Å². The minimum Gasteiger partial charge on any atom is -0.370 e. The van der Waals surface area contributed by atoms with E-state index in [4.69, 9.17) is 5.73 Å². The zero-order valence-electron chi connectivity index (χ0n) is 9.66. The van der Waals surface area contributed by atoms with E-state index in [0.29, 0.717) is 4.91 Å². The van der Waals surface area contributed by atoms with E-state index in [2.05, 4.69) is 29.8 Å². The third kappa shape index (κ3) is 8.32. The van der Waals surface area contributed by atoms with E-state index in [1.165, 1.54) is 6.92 Å². The van der Waals surface area contributed by atoms with Gasteiger partial charge in [0.05, 0.1) is 0 Å². The molecule has 0 aromatic heterocycles. The summed E-state index contributed by atoms with van der Waals surface area (Å²) >= 11 is 3.93. The zero-order chi connectivity index (χ0) is 13.4. The molecule has 0 radical (unpaired) electrons. The number of hydrogen-bond acceptors (Lipinski definition) is 4. The van der Waals surface area contributed by atoms with Gasteiger partial charge in [-0.05, 0) is 11.3 Å². The molecule has 17 heavy (non-hydrogen) atoms. The molecule has 0 bridgehead atoms. The summed E-state index contributed by atoms with van der Waals surface area (Å²) in [6.07, 6.45) is 0.194. The van der Waals surface area contributed by atoms with Crippen molar-refractivity contribution in [3.05, 3.63) is 11.5 Å². The van der Waals surface area contributed by atoms with E-state index in [0.717, 1.165) is 0 Å². The molecule has 0 aromatic rings. The van der Waals surface area contributed by atoms with Crippen molar-refractivity contribution in [2.45, 2.75) is 25.8 Å². The number of carbonyl (C=O) groups is 3. The van der Waals surface area contributed by atoms with Gasteiger partial charge in [0.2, 0.25) is 17.7 Å². The van der Waals surface area contributed by atoms with E-state index in [-0.39, 0.29) is 25.3 Å². The number of primary amides is 1. The van der Waals surface area contributed by atoms with Crippen molar-refractivity contribution in [3.8, 4) is 0 Å². The van der Waals surface area contributed by atoms with Crippen molar-refractivity contribution in [1.29, 1.82) is 0 Å². The maximum absolute atomic E-state index is 11.6. The Balaban J connectivity index is 4.33. The van der Waals surface area contributed by atoms with Gasteiger partial charge in [-0.15, -0.1) is 12.6 Å². The van der Waals surface area contributed by atoms with Gasteiger partial charge in [0, 0.05) is 19.9 Å². The van der Waals surface area contributed by atoms with E-state index in [1.807, 2.05) is 0 Å². The molecule has 0 spiro atoms. The fraction of sp³-hybridized carbons (Fsp3) is 0.500. The minimum absolute atomic E-state index is 0.0280. The maximum atomic E-state index is 11.6. The number of nitrogens with two attached hydrogens (primary N) is 1. The minimum atomic E-state index is -0.771. The van der Waals surface area contributed by atoms with E-state index in [1.54, 1.807) is 0 Å². The van der Waals surface area contributed by atoms with Crippen LogP contribution in [0.3, 0.4) is 0 Å². The van der Waals surface area contributed by atoms with Gasteiger partial charge < -0.3 is 16.4 Å². The first-order chi connectivity index (χ1) is 7.82. The monoisotopic (exact) mass is 259 g/mol. The van der Waals surface area contributed by atoms with Crippen LogP contribution in [0, 0.1) is 0 Å². The summed E-state index contributed by atoms with van der Waals surface area (Å²) in [5, 5.41) is 4.97. The molecule has 0 aromatic carbocycles. The molecule has 3 amide bonds. The highest BCUT2D eigenvalue weighted by molar-refractivity contribution is 7.84. The average molecular weight is 259 g/mol. The van der Waals surface area contributed by atoms with Crippen molar-refractivity contribution in [1.82, 2.24) is 10.6 Å². The van der Waals surface area contributed by atoms with Crippen molar-refractivity contribution in [2.75, 3.05) is 6.54 Å². The third-order valence-corrected chi connectivity index (χ3v) is 2.00. The first-order valence-corrected chi connectivity index (χ1v) is 5.47. The summed E-state index contributed by atoms with van der Waals surface area (Å²) < 4.78 is 0. The van der Waals surface area contributed by atoms with Crippen molar-refractivity contribution < 1.29 is 14.4 Å². The molecule has 0 aliphatic carbocycles. The average Bonchev–Trinajstić information content (AvgIpc) is 2.19. The number of hydrogen-bond donors (Lipinski definition) is 4. The summed E-state index contributed by atoms with van der Waals surface area (Å²) in [5.74, 6) is -1.26. The van der Waals surface area contributed by atoms with Gasteiger partial charge in [-0.3, -0.25) is 14.4 Å². The molecule has 0 heterocycles. The van der Waals surface area contributed by atoms with Crippen LogP contribution >= 0.6 is 12.6 Å². The van der Waals surface area contributed by atoms with E-state index >= 15 is 0 Å². The van der Waals surface area contributed by atoms with Gasteiger partial charge in [0.25, 0.3) is 0 Å². The topological polar surface area (TPSA) is 101 Å². The quantitative estimate of drug-likeness (QED) is 0.455. The molecule has 0 aliphatic rings. The van der Waals surface area contributed by atoms with Gasteiger partial charge in [0.1, 0.15) is 6.04 Å². The number of rotatable bonds is 7. The fourth-order valence-electron chi connectivity index (χ4n) is 1.11. The number of amides is 3. The van der Waals surface area contributed by atoms with Crippen LogP contribution < -0.4 is 16.4 Å². The summed E-state index contributed by atoms with van der Waals surface area (Å²) in [6, 6.07) is -0.771. The Morgan fingerprint density at radius 2 is 2.00 bits per heavy atom. The van der Waals surface area contributed by atoms with Crippen LogP contribution in [-0.4, -0.2) is 30.3 Å². The van der Waals surface area contributed by atoms with Crippen LogP contribution in [-0.2, 0) is 14.4 Å². The molecular weight excluding hydrogens is 242 g/mol. The van der Waals surface area contributed by atoms with Crippen LogP contribution in [0.15, 0.2) is 11.5 Å². The highest BCUT2D eigenvalue weighted by atomic mass is 32.1. The normalized spacial score (nSPS) is 11.4. The largest absolute Gasteiger partial charge is 0.370 e. The SMILES string of the molecule is C=C(S)CNC(=O)[C@H](CCC(N)=O)NC(C)=O. The predicted octanol–water partition coefficient (Wildman–Crippen LogP) is -0.684. The Morgan fingerprint density at radius 1 is 1.41 bits per heavy atom. The summed E-state index contributed by atoms with van der Waals surface area (Å²) in [7, 11) is 0. The Bertz CT molecular complexity index is 331. The maximum Gasteiger partial charge on any atom is 0.242 e. The predicted molar refractivity (Wildman–Crippen MR) is 67.2 cm³/mol. The van der Waals surface area contributed by atoms with Gasteiger partial charge in [-0.1, -0.05) is 6.58 Å². The molecule has 0 aliphatic heterocycles. The van der Waals surface area contributed by atoms with Crippen molar-refractivity contribution >= 4 is 30.4 Å². The Morgan fingerprint density at radius 3 is 2.41 bits per heavy atom. The van der Waals surface area contributed by atoms with Crippen LogP contribution in [0.4, 0.5) is 0 Å². The van der Waals surface area contributed by atoms with Crippen molar-refractivity contribution in [3.63, 3.8) is 0 Å². The van der Waals surface area contributed by atoms with E-state index < -0.39 is 17.9 Å². The second-order valence-electron chi connectivity index (χ2n) is 3.54. The molecule has 0 fully saturated rings. The lowest BCUT2D eigenvalue weighted by Gasteiger charge is -2.16. The molecule has 7 heteroatoms. The van der Waals surface area contributed by atoms with Crippen LogP contribution in [0.25, 0.3) is 0 Å². The molecule has 6 nitrogen and oxygen atoms in total. The smallest absolute Gasteiger partial charge is 0.242 e. The standard InChI is InChI=1S/C10H17N3O3S/c1-6(17)5-12-10(16)8(13-7(2)14)3-4-9(11)15/h8,17H,1,3-5H2,2H3,(H2,11,15)(H,12,16)(H,13,14)/t8-/m0/s1. The second-order valence-corrected chi connectivity index (χ2v) is 4.17. The van der Waals surface area contributed by atoms with Crippen LogP contribution in [0.1, 0.15) is 19.8 Å². The molecule has 1 atom stereocenters. The molecule has 4 N–H and O–H groups in total. The Hall–Kier alpha value is -1.50. The lowest BCUT2D eigenvalue weighted by Crippen LogP contribution is -2.46. The highest BCUT2D eigenvalue weighted by Gasteiger charge is 2.19. The number of thiol groups is 1. The van der Waals surface area contributed by atoms with E-state index in [9.17, 15) is 14.4 Å². The molecular formula is C10H17N3O3S. The molecule has 0 saturated heterocycles. The molecule has 0 rings (SSSR count). The first-order valence-electron chi connectivity index (χ1n) is 5.02. The summed E-state index contributed by atoms with van der Waals surface area (Å²) in [5.41, 5.74) is 4.98. The summed E-state index contributed by atoms with van der Waals surface area (Å²) in [4.78, 5) is 33.7. The Labute approximate surface area is 105 Å². The molecule has 0 saturated carbocycles. The first kappa shape index (κ1) is 15.5. The second kappa shape index (κ2) is 7.72. The lowest BCUT2D eigenvalue weighted by atomic mass is 10.1. The molecule has 0 unspecified atom stereocenters. The van der Waals surface area contributed by atoms with Crippen molar-refractivity contribution in [2.24, 2.45) is 5.73 Å². The molecule has 96 valence electrons.